The predicted octanol–water partition coefficient (Wildman–Crippen LogP) is -0.152. The summed E-state index contributed by atoms with van der Waals surface area (Å²) in [6.45, 7) is 0.855. The molecule has 1 aliphatic rings. The van der Waals surface area contributed by atoms with E-state index in [2.05, 4.69) is 5.32 Å². The molecular formula is C4H7NOS. The monoisotopic (exact) mass is 117 g/mol. The van der Waals surface area contributed by atoms with Gasteiger partial charge in [-0.1, -0.05) is 0 Å². The van der Waals surface area contributed by atoms with Gasteiger partial charge in [0.05, 0.1) is 5.25 Å². The Kier molecular flexibility index (Phi) is 1.70. The van der Waals surface area contributed by atoms with Crippen LogP contribution in [0.15, 0.2) is 0 Å². The molecule has 0 saturated carbocycles. The van der Waals surface area contributed by atoms with Gasteiger partial charge in [0.25, 0.3) is 0 Å². The molecule has 0 aromatic rings. The maximum Gasteiger partial charge on any atom is 0.134 e. The van der Waals surface area contributed by atoms with Crippen LogP contribution in [0, 0.1) is 0 Å². The van der Waals surface area contributed by atoms with Crippen LogP contribution in [-0.2, 0) is 4.79 Å². The van der Waals surface area contributed by atoms with Crippen molar-refractivity contribution in [3.05, 3.63) is 0 Å². The van der Waals surface area contributed by atoms with Crippen molar-refractivity contribution in [2.24, 2.45) is 0 Å². The fourth-order valence-electron chi connectivity index (χ4n) is 0.513. The lowest BCUT2D eigenvalue weighted by molar-refractivity contribution is -0.107. The summed E-state index contributed by atoms with van der Waals surface area (Å²) in [5.41, 5.74) is 0. The van der Waals surface area contributed by atoms with Crippen LogP contribution in [-0.4, -0.2) is 24.0 Å². The number of nitrogens with one attached hydrogen (secondary N) is 1. The van der Waals surface area contributed by atoms with Crippen LogP contribution in [0.25, 0.3) is 0 Å². The van der Waals surface area contributed by atoms with E-state index in [4.69, 9.17) is 0 Å². The molecule has 7 heavy (non-hydrogen) atoms. The van der Waals surface area contributed by atoms with Gasteiger partial charge in [-0.25, -0.2) is 0 Å². The molecule has 1 rings (SSSR count). The highest BCUT2D eigenvalue weighted by atomic mass is 32.2. The van der Waals surface area contributed by atoms with Crippen LogP contribution >= 0.6 is 11.8 Å². The zero-order valence-electron chi connectivity index (χ0n) is 3.89. The Morgan fingerprint density at radius 2 is 2.71 bits per heavy atom. The highest BCUT2D eigenvalue weighted by Gasteiger charge is 2.11. The minimum absolute atomic E-state index is 0.222. The minimum atomic E-state index is 0.222. The molecule has 0 aromatic carbocycles. The van der Waals surface area contributed by atoms with Gasteiger partial charge in [-0.15, -0.1) is 11.8 Å². The van der Waals surface area contributed by atoms with Crippen LogP contribution < -0.4 is 5.32 Å². The van der Waals surface area contributed by atoms with E-state index in [0.29, 0.717) is 0 Å². The molecule has 0 bridgehead atoms. The quantitative estimate of drug-likeness (QED) is 0.484. The molecule has 0 aliphatic carbocycles. The first-order valence-corrected chi connectivity index (χ1v) is 3.26. The van der Waals surface area contributed by atoms with Crippen molar-refractivity contribution in [3.63, 3.8) is 0 Å². The van der Waals surface area contributed by atoms with Gasteiger partial charge in [0, 0.05) is 12.4 Å². The molecule has 0 amide bonds. The van der Waals surface area contributed by atoms with E-state index >= 15 is 0 Å². The average Bonchev–Trinajstić information content (AvgIpc) is 2.14. The van der Waals surface area contributed by atoms with Gasteiger partial charge in [-0.3, -0.25) is 0 Å². The Bertz CT molecular complexity index is 70.1. The van der Waals surface area contributed by atoms with Crippen molar-refractivity contribution in [1.82, 2.24) is 5.32 Å². The third kappa shape index (κ3) is 1.17. The second-order valence-corrected chi connectivity index (χ2v) is 2.67. The molecule has 1 heterocycles. The Hall–Kier alpha value is -0.0200. The highest BCUT2D eigenvalue weighted by molar-refractivity contribution is 8.00. The van der Waals surface area contributed by atoms with E-state index < -0.39 is 0 Å². The first-order valence-electron chi connectivity index (χ1n) is 2.21. The minimum Gasteiger partial charge on any atom is -0.306 e. The second-order valence-electron chi connectivity index (χ2n) is 1.44. The summed E-state index contributed by atoms with van der Waals surface area (Å²) in [6, 6.07) is 0. The second kappa shape index (κ2) is 2.33. The zero-order chi connectivity index (χ0) is 5.11. The summed E-state index contributed by atoms with van der Waals surface area (Å²) in [4.78, 5) is 9.95. The van der Waals surface area contributed by atoms with Crippen molar-refractivity contribution in [2.45, 2.75) is 5.25 Å². The number of aldehydes is 1. The third-order valence-electron chi connectivity index (χ3n) is 0.897. The van der Waals surface area contributed by atoms with Crippen LogP contribution in [0.2, 0.25) is 0 Å². The normalized spacial score (nSPS) is 30.6. The van der Waals surface area contributed by atoms with Crippen molar-refractivity contribution in [2.75, 3.05) is 12.4 Å². The molecule has 1 saturated heterocycles. The summed E-state index contributed by atoms with van der Waals surface area (Å²) in [5, 5.41) is 3.28. The summed E-state index contributed by atoms with van der Waals surface area (Å²) in [6.07, 6.45) is 0.991. The molecule has 1 N–H and O–H groups in total. The Labute approximate surface area is 46.7 Å². The van der Waals surface area contributed by atoms with Crippen LogP contribution in [0.3, 0.4) is 0 Å². The van der Waals surface area contributed by atoms with Crippen molar-refractivity contribution in [1.29, 1.82) is 0 Å². The number of rotatable bonds is 1. The fraction of sp³-hybridized carbons (Fsp3) is 0.750. The smallest absolute Gasteiger partial charge is 0.134 e. The largest absolute Gasteiger partial charge is 0.306 e. The standard InChI is InChI=1S/C4H7NOS/c6-2-4-1-5-3-7-4/h2,4-5H,1,3H2. The van der Waals surface area contributed by atoms with E-state index in [9.17, 15) is 4.79 Å². The van der Waals surface area contributed by atoms with Crippen molar-refractivity contribution < 1.29 is 4.79 Å². The van der Waals surface area contributed by atoms with E-state index in [-0.39, 0.29) is 5.25 Å². The molecule has 1 atom stereocenters. The van der Waals surface area contributed by atoms with Gasteiger partial charge in [0.1, 0.15) is 6.29 Å². The van der Waals surface area contributed by atoms with E-state index in [1.54, 1.807) is 11.8 Å². The lowest BCUT2D eigenvalue weighted by atomic mass is 10.5. The average molecular weight is 117 g/mol. The van der Waals surface area contributed by atoms with Gasteiger partial charge in [0.15, 0.2) is 0 Å². The Balaban J connectivity index is 2.26. The first-order chi connectivity index (χ1) is 3.43. The van der Waals surface area contributed by atoms with Crippen LogP contribution in [0.4, 0.5) is 0 Å². The van der Waals surface area contributed by atoms with Gasteiger partial charge in [-0.05, 0) is 0 Å². The SMILES string of the molecule is O=CC1CNCS1. The van der Waals surface area contributed by atoms with Crippen LogP contribution in [0.1, 0.15) is 0 Å². The number of carbonyl (C=O) groups is 1. The summed E-state index contributed by atoms with van der Waals surface area (Å²) in [7, 11) is 0. The lowest BCUT2D eigenvalue weighted by Crippen LogP contribution is -2.12. The molecule has 0 aromatic heterocycles. The van der Waals surface area contributed by atoms with Crippen molar-refractivity contribution in [3.8, 4) is 0 Å². The summed E-state index contributed by atoms with van der Waals surface area (Å²) >= 11 is 1.66. The third-order valence-corrected chi connectivity index (χ3v) is 1.97. The van der Waals surface area contributed by atoms with Gasteiger partial charge in [0.2, 0.25) is 0 Å². The summed E-state index contributed by atoms with van der Waals surface area (Å²) in [5.74, 6) is 0.934. The molecule has 0 spiro atoms. The molecule has 40 valence electrons. The number of thioether (sulfide) groups is 1. The fourth-order valence-corrected chi connectivity index (χ4v) is 1.28. The van der Waals surface area contributed by atoms with Crippen LogP contribution in [0.5, 0.6) is 0 Å². The molecule has 3 heteroatoms. The summed E-state index contributed by atoms with van der Waals surface area (Å²) < 4.78 is 0. The number of hydrogen-bond acceptors (Lipinski definition) is 3. The lowest BCUT2D eigenvalue weighted by Gasteiger charge is -1.88. The van der Waals surface area contributed by atoms with Gasteiger partial charge >= 0.3 is 0 Å². The maximum absolute atomic E-state index is 9.95. The molecule has 2 nitrogen and oxygen atoms in total. The molecule has 0 radical (unpaired) electrons. The number of hydrogen-bond donors (Lipinski definition) is 1. The Morgan fingerprint density at radius 3 is 3.00 bits per heavy atom. The van der Waals surface area contributed by atoms with E-state index in [1.807, 2.05) is 0 Å². The highest BCUT2D eigenvalue weighted by Crippen LogP contribution is 2.10. The molecule has 1 aliphatic heterocycles. The maximum atomic E-state index is 9.95. The van der Waals surface area contributed by atoms with E-state index in [0.717, 1.165) is 18.7 Å². The van der Waals surface area contributed by atoms with E-state index in [1.165, 1.54) is 0 Å². The van der Waals surface area contributed by atoms with Gasteiger partial charge < -0.3 is 10.1 Å². The zero-order valence-corrected chi connectivity index (χ0v) is 4.70. The predicted molar refractivity (Wildman–Crippen MR) is 30.3 cm³/mol. The molecule has 1 fully saturated rings. The first kappa shape index (κ1) is 5.12. The Morgan fingerprint density at radius 1 is 1.86 bits per heavy atom. The van der Waals surface area contributed by atoms with Crippen molar-refractivity contribution >= 4 is 18.0 Å². The number of carbonyl (C=O) groups excluding carboxylic acids is 1. The molecule has 1 unspecified atom stereocenters. The molecular weight excluding hydrogens is 110 g/mol. The topological polar surface area (TPSA) is 29.1 Å². The van der Waals surface area contributed by atoms with Gasteiger partial charge in [-0.2, -0.15) is 0 Å².